The van der Waals surface area contributed by atoms with Gasteiger partial charge in [-0.1, -0.05) is 0 Å². The van der Waals surface area contributed by atoms with Crippen molar-refractivity contribution < 1.29 is 22.3 Å². The summed E-state index contributed by atoms with van der Waals surface area (Å²) in [6.07, 6.45) is -0.399. The third kappa shape index (κ3) is 4.50. The number of ether oxygens (including phenoxy) is 2. The van der Waals surface area contributed by atoms with Crippen LogP contribution >= 0.6 is 0 Å². The molecule has 0 aliphatic rings. The van der Waals surface area contributed by atoms with Crippen LogP contribution in [0.1, 0.15) is 5.56 Å². The molecular weight excluding hydrogens is 287 g/mol. The summed E-state index contributed by atoms with van der Waals surface area (Å²) < 4.78 is 49.8. The maximum atomic E-state index is 13.3. The number of rotatable bonds is 8. The Morgan fingerprint density at radius 1 is 1.40 bits per heavy atom. The van der Waals surface area contributed by atoms with Crippen molar-refractivity contribution in [3.63, 3.8) is 0 Å². The van der Waals surface area contributed by atoms with Gasteiger partial charge in [0, 0.05) is 32.9 Å². The van der Waals surface area contributed by atoms with E-state index in [1.54, 1.807) is 0 Å². The molecule has 0 radical (unpaired) electrons. The highest BCUT2D eigenvalue weighted by Gasteiger charge is 2.18. The first kappa shape index (κ1) is 17.0. The van der Waals surface area contributed by atoms with Crippen LogP contribution in [0.15, 0.2) is 23.1 Å². The van der Waals surface area contributed by atoms with Gasteiger partial charge in [0.1, 0.15) is 5.82 Å². The average Bonchev–Trinajstić information content (AvgIpc) is 2.43. The van der Waals surface area contributed by atoms with Crippen molar-refractivity contribution in [3.05, 3.63) is 29.6 Å². The summed E-state index contributed by atoms with van der Waals surface area (Å²) in [5, 5.41) is 0. The van der Waals surface area contributed by atoms with Gasteiger partial charge < -0.3 is 15.2 Å². The van der Waals surface area contributed by atoms with Crippen molar-refractivity contribution in [1.82, 2.24) is 4.72 Å². The lowest BCUT2D eigenvalue weighted by Gasteiger charge is -2.15. The molecule has 1 aromatic carbocycles. The molecule has 1 unspecified atom stereocenters. The highest BCUT2D eigenvalue weighted by Crippen LogP contribution is 2.14. The summed E-state index contributed by atoms with van der Waals surface area (Å²) in [6.45, 7) is 0.248. The summed E-state index contributed by atoms with van der Waals surface area (Å²) in [5.74, 6) is -0.527. The van der Waals surface area contributed by atoms with E-state index in [0.29, 0.717) is 0 Å². The summed E-state index contributed by atoms with van der Waals surface area (Å²) in [6, 6.07) is 3.49. The first-order valence-corrected chi connectivity index (χ1v) is 7.42. The minimum absolute atomic E-state index is 0.0355. The molecule has 3 N–H and O–H groups in total. The van der Waals surface area contributed by atoms with E-state index in [1.807, 2.05) is 0 Å². The maximum absolute atomic E-state index is 13.3. The van der Waals surface area contributed by atoms with Gasteiger partial charge in [0.15, 0.2) is 0 Å². The number of halogens is 1. The van der Waals surface area contributed by atoms with E-state index >= 15 is 0 Å². The Morgan fingerprint density at radius 3 is 2.65 bits per heavy atom. The number of benzene rings is 1. The normalized spacial score (nSPS) is 13.4. The topological polar surface area (TPSA) is 90.7 Å². The number of sulfonamides is 1. The van der Waals surface area contributed by atoms with Crippen molar-refractivity contribution in [2.45, 2.75) is 17.5 Å². The number of hydrogen-bond acceptors (Lipinski definition) is 5. The molecular formula is C12H19FN2O4S. The van der Waals surface area contributed by atoms with Crippen LogP contribution in [-0.2, 0) is 26.0 Å². The van der Waals surface area contributed by atoms with Gasteiger partial charge in [0.2, 0.25) is 10.0 Å². The van der Waals surface area contributed by atoms with Crippen LogP contribution in [0.4, 0.5) is 4.39 Å². The Kier molecular flexibility index (Phi) is 6.50. The van der Waals surface area contributed by atoms with Gasteiger partial charge in [0.25, 0.3) is 0 Å². The van der Waals surface area contributed by atoms with E-state index < -0.39 is 21.9 Å². The molecule has 0 amide bonds. The smallest absolute Gasteiger partial charge is 0.240 e. The second-order valence-electron chi connectivity index (χ2n) is 4.12. The van der Waals surface area contributed by atoms with Gasteiger partial charge in [0.05, 0.1) is 17.6 Å². The Bertz CT molecular complexity index is 536. The van der Waals surface area contributed by atoms with Crippen molar-refractivity contribution in [3.8, 4) is 0 Å². The molecule has 0 aliphatic carbocycles. The van der Waals surface area contributed by atoms with Gasteiger partial charge >= 0.3 is 0 Å². The van der Waals surface area contributed by atoms with Gasteiger partial charge in [-0.3, -0.25) is 0 Å². The average molecular weight is 306 g/mol. The van der Waals surface area contributed by atoms with Gasteiger partial charge in [-0.05, 0) is 18.2 Å². The van der Waals surface area contributed by atoms with E-state index in [2.05, 4.69) is 4.72 Å². The van der Waals surface area contributed by atoms with E-state index in [-0.39, 0.29) is 30.2 Å². The zero-order chi connectivity index (χ0) is 15.2. The van der Waals surface area contributed by atoms with Crippen LogP contribution < -0.4 is 10.5 Å². The molecule has 1 rings (SSSR count). The lowest BCUT2D eigenvalue weighted by atomic mass is 10.2. The van der Waals surface area contributed by atoms with Crippen molar-refractivity contribution in [2.75, 3.05) is 27.4 Å². The molecule has 1 aromatic rings. The first-order chi connectivity index (χ1) is 9.44. The van der Waals surface area contributed by atoms with Gasteiger partial charge in [-0.2, -0.15) is 0 Å². The maximum Gasteiger partial charge on any atom is 0.240 e. The number of nitrogens with one attached hydrogen (secondary N) is 1. The van der Waals surface area contributed by atoms with Crippen molar-refractivity contribution in [2.24, 2.45) is 5.73 Å². The molecule has 0 bridgehead atoms. The molecule has 20 heavy (non-hydrogen) atoms. The zero-order valence-corrected chi connectivity index (χ0v) is 12.2. The first-order valence-electron chi connectivity index (χ1n) is 5.94. The van der Waals surface area contributed by atoms with Crippen LogP contribution in [0.5, 0.6) is 0 Å². The molecule has 0 fully saturated rings. The highest BCUT2D eigenvalue weighted by molar-refractivity contribution is 7.89. The second-order valence-corrected chi connectivity index (χ2v) is 5.89. The standard InChI is InChI=1S/C12H19FN2O4S/c1-18-8-10(19-2)7-15-20(16,17)11-3-4-12(13)9(5-11)6-14/h3-5,10,15H,6-8,14H2,1-2H3. The van der Waals surface area contributed by atoms with Crippen LogP contribution in [0.3, 0.4) is 0 Å². The molecule has 6 nitrogen and oxygen atoms in total. The van der Waals surface area contributed by atoms with Crippen molar-refractivity contribution >= 4 is 10.0 Å². The fourth-order valence-corrected chi connectivity index (χ4v) is 2.67. The molecule has 0 aromatic heterocycles. The van der Waals surface area contributed by atoms with E-state index in [9.17, 15) is 12.8 Å². The van der Waals surface area contributed by atoms with Gasteiger partial charge in [-0.25, -0.2) is 17.5 Å². The Balaban J connectivity index is 2.83. The highest BCUT2D eigenvalue weighted by atomic mass is 32.2. The third-order valence-corrected chi connectivity index (χ3v) is 4.16. The van der Waals surface area contributed by atoms with Gasteiger partial charge in [-0.15, -0.1) is 0 Å². The van der Waals surface area contributed by atoms with Crippen LogP contribution in [-0.4, -0.2) is 41.9 Å². The molecule has 0 aliphatic heterocycles. The quantitative estimate of drug-likeness (QED) is 0.717. The SMILES string of the molecule is COCC(CNS(=O)(=O)c1ccc(F)c(CN)c1)OC. The number of methoxy groups -OCH3 is 2. The zero-order valence-electron chi connectivity index (χ0n) is 11.4. The van der Waals surface area contributed by atoms with Crippen LogP contribution in [0.2, 0.25) is 0 Å². The second kappa shape index (κ2) is 7.65. The largest absolute Gasteiger partial charge is 0.382 e. The summed E-state index contributed by atoms with van der Waals surface area (Å²) in [5.41, 5.74) is 5.50. The summed E-state index contributed by atoms with van der Waals surface area (Å²) >= 11 is 0. The monoisotopic (exact) mass is 306 g/mol. The molecule has 0 spiro atoms. The van der Waals surface area contributed by atoms with E-state index in [4.69, 9.17) is 15.2 Å². The Labute approximate surface area is 118 Å². The minimum Gasteiger partial charge on any atom is -0.382 e. The predicted octanol–water partition coefficient (Wildman–Crippen LogP) is 0.224. The summed E-state index contributed by atoms with van der Waals surface area (Å²) in [4.78, 5) is -0.0355. The number of nitrogens with two attached hydrogens (primary N) is 1. The molecule has 0 saturated heterocycles. The Morgan fingerprint density at radius 2 is 2.10 bits per heavy atom. The molecule has 114 valence electrons. The van der Waals surface area contributed by atoms with Crippen molar-refractivity contribution in [1.29, 1.82) is 0 Å². The molecule has 1 atom stereocenters. The van der Waals surface area contributed by atoms with Crippen LogP contribution in [0, 0.1) is 5.82 Å². The fraction of sp³-hybridized carbons (Fsp3) is 0.500. The third-order valence-electron chi connectivity index (χ3n) is 2.73. The molecule has 0 saturated carbocycles. The van der Waals surface area contributed by atoms with Crippen LogP contribution in [0.25, 0.3) is 0 Å². The molecule has 8 heteroatoms. The minimum atomic E-state index is -3.74. The predicted molar refractivity (Wildman–Crippen MR) is 72.2 cm³/mol. The lowest BCUT2D eigenvalue weighted by Crippen LogP contribution is -2.35. The summed E-state index contributed by atoms with van der Waals surface area (Å²) in [7, 11) is -0.786. The molecule has 0 heterocycles. The Hall–Kier alpha value is -1.06. The fourth-order valence-electron chi connectivity index (χ4n) is 1.56. The lowest BCUT2D eigenvalue weighted by molar-refractivity contribution is 0.0320. The van der Waals surface area contributed by atoms with E-state index in [0.717, 1.165) is 6.07 Å². The van der Waals surface area contributed by atoms with E-state index in [1.165, 1.54) is 26.4 Å². The number of hydrogen-bond donors (Lipinski definition) is 2.